The summed E-state index contributed by atoms with van der Waals surface area (Å²) in [6, 6.07) is 35.7. The second-order valence-corrected chi connectivity index (χ2v) is 18.7. The number of phenols is 1. The summed E-state index contributed by atoms with van der Waals surface area (Å²) in [5, 5.41) is 16.8. The number of aromatic nitrogens is 2. The van der Waals surface area contributed by atoms with Crippen molar-refractivity contribution in [3.63, 3.8) is 0 Å². The first kappa shape index (κ1) is 40.3. The fourth-order valence-electron chi connectivity index (χ4n) is 11.6. The molecule has 0 unspecified atom stereocenters. The molecule has 62 heavy (non-hydrogen) atoms. The van der Waals surface area contributed by atoms with Crippen LogP contribution in [0.15, 0.2) is 97.1 Å². The molecule has 1 aliphatic rings. The summed E-state index contributed by atoms with van der Waals surface area (Å²) in [5.74, 6) is 1.43. The number of aromatic hydroxyl groups is 1. The number of hydrogen-bond donors (Lipinski definition) is 1. The van der Waals surface area contributed by atoms with Gasteiger partial charge < -0.3 is 5.11 Å². The first-order valence-electron chi connectivity index (χ1n) is 22.1. The van der Waals surface area contributed by atoms with Crippen molar-refractivity contribution < 1.29 is 5.11 Å². The van der Waals surface area contributed by atoms with Gasteiger partial charge in [-0.1, -0.05) is 130 Å². The molecule has 1 aromatic heterocycles. The monoisotopic (exact) mass is 786 g/mol. The maximum atomic E-state index is 11.8. The summed E-state index contributed by atoms with van der Waals surface area (Å²) < 4.78 is 2.35. The van der Waals surface area contributed by atoms with Crippen molar-refractivity contribution in [1.29, 1.82) is 0 Å². The van der Waals surface area contributed by atoms with Crippen LogP contribution in [0.1, 0.15) is 25.0 Å². The Labute approximate surface area is 375 Å². The van der Waals surface area contributed by atoms with Gasteiger partial charge in [-0.05, 0) is 84.8 Å². The van der Waals surface area contributed by atoms with Crippen LogP contribution < -0.4 is 60.1 Å². The number of benzene rings is 8. The Bertz CT molecular complexity index is 3380. The summed E-state index contributed by atoms with van der Waals surface area (Å²) in [6.45, 7) is 4.61. The maximum Gasteiger partial charge on any atom is 0.144 e. The number of para-hydroxylation sites is 2. The quantitative estimate of drug-likeness (QED) is 0.143. The molecule has 0 aliphatic heterocycles. The molecule has 0 amide bonds. The van der Waals surface area contributed by atoms with E-state index in [1.807, 2.05) is 0 Å². The zero-order valence-corrected chi connectivity index (χ0v) is 38.6. The summed E-state index contributed by atoms with van der Waals surface area (Å²) in [4.78, 5) is 5.32. The van der Waals surface area contributed by atoms with E-state index in [0.29, 0.717) is 5.75 Å². The van der Waals surface area contributed by atoms with Crippen LogP contribution in [-0.2, 0) is 5.41 Å². The molecule has 3 nitrogen and oxygen atoms in total. The van der Waals surface area contributed by atoms with Gasteiger partial charge in [-0.2, -0.15) is 0 Å². The molecular weight excluding hydrogens is 739 g/mol. The summed E-state index contributed by atoms with van der Waals surface area (Å²) in [7, 11) is 24.6. The average molecular weight is 785 g/mol. The van der Waals surface area contributed by atoms with E-state index in [0.717, 1.165) is 33.6 Å². The van der Waals surface area contributed by atoms with E-state index in [4.69, 9.17) is 4.98 Å². The SMILES string of the molecule is Bc1c(B)c(B)c(-c2nc3ccccc3n2-c2ccc(-c3c4ccccc4c(-c4c(B)c(B)c5c(c4B)C(C)(C)c4c(O)c(B)c(B)c(B)c4-5)c4ccccc34)cc2)c(B)c1B. The van der Waals surface area contributed by atoms with Crippen LogP contribution in [0.5, 0.6) is 5.75 Å². The predicted octanol–water partition coefficient (Wildman–Crippen LogP) is -6.81. The van der Waals surface area contributed by atoms with Crippen molar-refractivity contribution in [3.05, 3.63) is 108 Å². The Hall–Kier alpha value is -5.74. The molecule has 286 valence electrons. The number of fused-ring (bicyclic) bond motifs is 6. The van der Waals surface area contributed by atoms with Gasteiger partial charge in [-0.15, -0.1) is 16.4 Å². The molecule has 0 fully saturated rings. The zero-order chi connectivity index (χ0) is 43.8. The third-order valence-corrected chi connectivity index (χ3v) is 15.5. The van der Waals surface area contributed by atoms with Crippen molar-refractivity contribution in [3.8, 4) is 56.2 Å². The van der Waals surface area contributed by atoms with Crippen molar-refractivity contribution in [2.75, 3.05) is 0 Å². The van der Waals surface area contributed by atoms with E-state index in [-0.39, 0.29) is 5.41 Å². The highest BCUT2D eigenvalue weighted by atomic mass is 16.3. The maximum absolute atomic E-state index is 11.8. The number of nitrogens with zero attached hydrogens (tertiary/aromatic N) is 2. The lowest BCUT2D eigenvalue weighted by atomic mass is 9.60. The van der Waals surface area contributed by atoms with Crippen molar-refractivity contribution in [2.24, 2.45) is 0 Å². The Morgan fingerprint density at radius 1 is 0.419 bits per heavy atom. The minimum absolute atomic E-state index is 0.377. The van der Waals surface area contributed by atoms with E-state index < -0.39 is 0 Å². The van der Waals surface area contributed by atoms with Crippen LogP contribution in [0.2, 0.25) is 0 Å². The molecule has 10 rings (SSSR count). The lowest BCUT2D eigenvalue weighted by Crippen LogP contribution is -2.55. The molecule has 14 heteroatoms. The molecule has 0 radical (unpaired) electrons. The van der Waals surface area contributed by atoms with Gasteiger partial charge in [0.2, 0.25) is 0 Å². The topological polar surface area (TPSA) is 38.0 Å². The van der Waals surface area contributed by atoms with E-state index in [9.17, 15) is 5.11 Å². The van der Waals surface area contributed by atoms with Crippen LogP contribution in [0.25, 0.3) is 83.0 Å². The lowest BCUT2D eigenvalue weighted by Gasteiger charge is -2.29. The average Bonchev–Trinajstić information content (AvgIpc) is 3.77. The zero-order valence-electron chi connectivity index (χ0n) is 38.6. The Kier molecular flexibility index (Phi) is 9.20. The molecule has 0 saturated heterocycles. The summed E-state index contributed by atoms with van der Waals surface area (Å²) in [6.07, 6.45) is 0. The standard InChI is InChI=1S/C48H45B11N2O/c1-48(2)33-29(30-34(48)46(62)45(59)43(57)37(30)51)36(50)38(52)31(35(33)49)28-23-11-5-3-9-21(23)27(22-10-4-6-12-24(22)28)19-15-17-20(18-16-19)61-26-14-8-7-13-25(26)60-47(61)32-39(53)41(55)44(58)42(56)40(32)54/h3-18,62H,49-59H2,1-2H3. The fourth-order valence-corrected chi connectivity index (χ4v) is 11.6. The van der Waals surface area contributed by atoms with E-state index >= 15 is 0 Å². The van der Waals surface area contributed by atoms with Gasteiger partial charge in [0, 0.05) is 22.2 Å². The van der Waals surface area contributed by atoms with Crippen LogP contribution in [0.3, 0.4) is 0 Å². The van der Waals surface area contributed by atoms with Gasteiger partial charge in [-0.3, -0.25) is 4.57 Å². The van der Waals surface area contributed by atoms with Gasteiger partial charge in [0.25, 0.3) is 0 Å². The minimum Gasteiger partial charge on any atom is -0.508 e. The molecular formula is C48H45B11N2O. The molecule has 0 atom stereocenters. The van der Waals surface area contributed by atoms with Crippen molar-refractivity contribution in [1.82, 2.24) is 9.55 Å². The Morgan fingerprint density at radius 2 is 0.855 bits per heavy atom. The number of imidazole rings is 1. The largest absolute Gasteiger partial charge is 0.508 e. The number of phenolic OH excluding ortho intramolecular Hbond substituents is 1. The van der Waals surface area contributed by atoms with E-state index in [1.165, 1.54) is 121 Å². The molecule has 1 N–H and O–H groups in total. The molecule has 0 bridgehead atoms. The van der Waals surface area contributed by atoms with Gasteiger partial charge >= 0.3 is 0 Å². The minimum atomic E-state index is -0.377. The third-order valence-electron chi connectivity index (χ3n) is 15.5. The summed E-state index contributed by atoms with van der Waals surface area (Å²) >= 11 is 0. The highest BCUT2D eigenvalue weighted by molar-refractivity contribution is 6.69. The van der Waals surface area contributed by atoms with Gasteiger partial charge in [0.15, 0.2) is 0 Å². The van der Waals surface area contributed by atoms with Crippen LogP contribution in [0, 0.1) is 0 Å². The van der Waals surface area contributed by atoms with Gasteiger partial charge in [0.05, 0.1) is 11.0 Å². The summed E-state index contributed by atoms with van der Waals surface area (Å²) in [5.41, 5.74) is 27.8. The molecule has 8 aromatic carbocycles. The number of hydrogen-bond acceptors (Lipinski definition) is 2. The first-order valence-corrected chi connectivity index (χ1v) is 22.1. The number of rotatable bonds is 4. The molecule has 1 aliphatic carbocycles. The third kappa shape index (κ3) is 5.37. The van der Waals surface area contributed by atoms with E-state index in [1.54, 1.807) is 0 Å². The second kappa shape index (κ2) is 14.1. The van der Waals surface area contributed by atoms with Gasteiger partial charge in [-0.25, -0.2) is 4.98 Å². The predicted molar refractivity (Wildman–Crippen MR) is 302 cm³/mol. The normalized spacial score (nSPS) is 12.9. The van der Waals surface area contributed by atoms with Crippen LogP contribution in [-0.4, -0.2) is 101 Å². The molecule has 0 saturated carbocycles. The fraction of sp³-hybridized carbons (Fsp3) is 0.0625. The Morgan fingerprint density at radius 3 is 1.44 bits per heavy atom. The van der Waals surface area contributed by atoms with E-state index in [2.05, 4.69) is 202 Å². The molecule has 1 heterocycles. The van der Waals surface area contributed by atoms with Crippen LogP contribution in [0.4, 0.5) is 0 Å². The highest BCUT2D eigenvalue weighted by Gasteiger charge is 2.43. The smallest absolute Gasteiger partial charge is 0.144 e. The second-order valence-electron chi connectivity index (χ2n) is 18.7. The molecule has 9 aromatic rings. The molecule has 0 spiro atoms. The van der Waals surface area contributed by atoms with Gasteiger partial charge in [0.1, 0.15) is 97.9 Å². The Balaban J connectivity index is 1.20. The van der Waals surface area contributed by atoms with Crippen molar-refractivity contribution >= 4 is 179 Å². The highest BCUT2D eigenvalue weighted by Crippen LogP contribution is 2.50. The lowest BCUT2D eigenvalue weighted by molar-refractivity contribution is 0.461. The van der Waals surface area contributed by atoms with Crippen molar-refractivity contribution in [2.45, 2.75) is 19.3 Å². The van der Waals surface area contributed by atoms with Crippen LogP contribution >= 0.6 is 0 Å². The first-order chi connectivity index (χ1) is 29.6.